The van der Waals surface area contributed by atoms with Gasteiger partial charge in [0.2, 0.25) is 0 Å². The van der Waals surface area contributed by atoms with Gasteiger partial charge in [-0.2, -0.15) is 0 Å². The summed E-state index contributed by atoms with van der Waals surface area (Å²) in [5, 5.41) is 0. The molecule has 0 fully saturated rings. The molecule has 0 saturated carbocycles. The van der Waals surface area contributed by atoms with E-state index in [0.29, 0.717) is 0 Å². The van der Waals surface area contributed by atoms with Crippen LogP contribution in [0.2, 0.25) is 0 Å². The van der Waals surface area contributed by atoms with Gasteiger partial charge in [-0.15, -0.1) is 71.9 Å². The van der Waals surface area contributed by atoms with E-state index < -0.39 is 0 Å². The first kappa shape index (κ1) is 24.8. The molecular weight excluding hydrogens is 606 g/mol. The van der Waals surface area contributed by atoms with E-state index in [0.717, 1.165) is 0 Å². The van der Waals surface area contributed by atoms with Crippen molar-refractivity contribution in [2.75, 3.05) is 0 Å². The molecule has 0 bridgehead atoms. The molecule has 0 amide bonds. The molecule has 35 valence electrons. The van der Waals surface area contributed by atoms with Crippen molar-refractivity contribution in [3.63, 3.8) is 0 Å². The van der Waals surface area contributed by atoms with Gasteiger partial charge in [0.25, 0.3) is 0 Å². The molecule has 0 rings (SSSR count). The molecule has 5 heavy (non-hydrogen) atoms. The molecule has 0 aliphatic heterocycles. The predicted molar refractivity (Wildman–Crippen MR) is 52.7 cm³/mol. The molecule has 0 atom stereocenters. The Morgan fingerprint density at radius 2 is 0.800 bits per heavy atom. The SMILES string of the molecule is I.I.I.[O]=[Bi]. The van der Waals surface area contributed by atoms with E-state index in [1.165, 1.54) is 0 Å². The summed E-state index contributed by atoms with van der Waals surface area (Å²) in [4.78, 5) is 0. The van der Waals surface area contributed by atoms with E-state index >= 15 is 0 Å². The quantitative estimate of drug-likeness (QED) is 0.300. The second kappa shape index (κ2) is 28.7. The van der Waals surface area contributed by atoms with Gasteiger partial charge in [-0.3, -0.25) is 0 Å². The van der Waals surface area contributed by atoms with Crippen LogP contribution in [0.1, 0.15) is 0 Å². The van der Waals surface area contributed by atoms with Crippen molar-refractivity contribution in [2.45, 2.75) is 0 Å². The van der Waals surface area contributed by atoms with Crippen LogP contribution in [0.25, 0.3) is 0 Å². The standard InChI is InChI=1S/Bi.3HI.O/h;3*1H;. The van der Waals surface area contributed by atoms with Gasteiger partial charge >= 0.3 is 27.5 Å². The minimum atomic E-state index is 0. The van der Waals surface area contributed by atoms with E-state index in [1.54, 1.807) is 0 Å². The van der Waals surface area contributed by atoms with Gasteiger partial charge < -0.3 is 0 Å². The normalized spacial score (nSPS) is 0.800. The molecule has 1 nitrogen and oxygen atoms in total. The van der Waals surface area contributed by atoms with Gasteiger partial charge in [0.15, 0.2) is 0 Å². The summed E-state index contributed by atoms with van der Waals surface area (Å²) in [7, 11) is 0. The Hall–Kier alpha value is 2.87. The predicted octanol–water partition coefficient (Wildman–Crippen LogP) is 1.35. The maximum absolute atomic E-state index is 8.36. The molecule has 0 saturated heterocycles. The van der Waals surface area contributed by atoms with Crippen molar-refractivity contribution in [1.82, 2.24) is 0 Å². The first-order chi connectivity index (χ1) is 1.00. The minimum absolute atomic E-state index is 0. The number of hydrogen-bond donors (Lipinski definition) is 0. The zero-order chi connectivity index (χ0) is 2.00. The zero-order valence-electron chi connectivity index (χ0n) is 2.08. The Bertz CT molecular complexity index is 6.85. The van der Waals surface area contributed by atoms with Crippen LogP contribution in [0.15, 0.2) is 0 Å². The van der Waals surface area contributed by atoms with Crippen molar-refractivity contribution in [3.05, 3.63) is 0 Å². The summed E-state index contributed by atoms with van der Waals surface area (Å²) in [5.74, 6) is 0. The Kier molecular flexibility index (Phi) is 142. The second-order valence-electron chi connectivity index (χ2n) is 0. The fourth-order valence-corrected chi connectivity index (χ4v) is 0. The van der Waals surface area contributed by atoms with Crippen molar-refractivity contribution >= 4 is 96.7 Å². The first-order valence-corrected chi connectivity index (χ1v) is 1.60. The molecular formula is H3BiI3O. The molecule has 5 heteroatoms. The van der Waals surface area contributed by atoms with E-state index in [9.17, 15) is 0 Å². The first-order valence-electron chi connectivity index (χ1n) is 0.183. The summed E-state index contributed by atoms with van der Waals surface area (Å²) in [5.41, 5.74) is 0. The van der Waals surface area contributed by atoms with E-state index in [4.69, 9.17) is 2.81 Å². The molecule has 0 aliphatic rings. The van der Waals surface area contributed by atoms with Crippen molar-refractivity contribution < 1.29 is 2.81 Å². The number of rotatable bonds is 0. The number of halogens is 3. The summed E-state index contributed by atoms with van der Waals surface area (Å²) in [6.45, 7) is 0. The molecule has 0 aromatic rings. The zero-order valence-corrected chi connectivity index (χ0v) is 12.5. The molecule has 0 aromatic heterocycles. The Morgan fingerprint density at radius 1 is 0.800 bits per heavy atom. The third-order valence-electron chi connectivity index (χ3n) is 0. The van der Waals surface area contributed by atoms with Crippen LogP contribution in [-0.4, -0.2) is 24.7 Å². The van der Waals surface area contributed by atoms with Gasteiger partial charge in [-0.05, 0) is 0 Å². The monoisotopic (exact) mass is 609 g/mol. The summed E-state index contributed by atoms with van der Waals surface area (Å²) in [6, 6.07) is 0. The van der Waals surface area contributed by atoms with Crippen LogP contribution in [-0.2, 0) is 2.81 Å². The molecule has 0 unspecified atom stereocenters. The van der Waals surface area contributed by atoms with E-state index in [-0.39, 0.29) is 96.7 Å². The summed E-state index contributed by atoms with van der Waals surface area (Å²) < 4.78 is 8.36. The van der Waals surface area contributed by atoms with Crippen molar-refractivity contribution in [2.24, 2.45) is 0 Å². The Morgan fingerprint density at radius 3 is 0.800 bits per heavy atom. The van der Waals surface area contributed by atoms with Crippen molar-refractivity contribution in [1.29, 1.82) is 0 Å². The number of hydrogen-bond acceptors (Lipinski definition) is 1. The third kappa shape index (κ3) is 19.8. The fraction of sp³-hybridized carbons (Fsp3) is 0. The van der Waals surface area contributed by atoms with Gasteiger partial charge in [0.1, 0.15) is 0 Å². The topological polar surface area (TPSA) is 17.1 Å². The Balaban J connectivity index is -0.00000000167. The molecule has 1 radical (unpaired) electrons. The average Bonchev–Trinajstić information content (AvgIpc) is 1.00. The molecule has 0 heterocycles. The van der Waals surface area contributed by atoms with E-state index in [1.807, 2.05) is 0 Å². The Labute approximate surface area is 97.4 Å². The molecule has 0 N–H and O–H groups in total. The summed E-state index contributed by atoms with van der Waals surface area (Å²) in [6.07, 6.45) is 0. The van der Waals surface area contributed by atoms with Crippen LogP contribution >= 0.6 is 71.9 Å². The molecule has 0 aliphatic carbocycles. The molecule has 0 spiro atoms. The second-order valence-corrected chi connectivity index (χ2v) is 0. The van der Waals surface area contributed by atoms with Gasteiger partial charge in [-0.25, -0.2) is 0 Å². The third-order valence-corrected chi connectivity index (χ3v) is 0. The van der Waals surface area contributed by atoms with Gasteiger partial charge in [-0.1, -0.05) is 0 Å². The van der Waals surface area contributed by atoms with Crippen molar-refractivity contribution in [3.8, 4) is 0 Å². The van der Waals surface area contributed by atoms with E-state index in [2.05, 4.69) is 0 Å². The van der Waals surface area contributed by atoms with Gasteiger partial charge in [0, 0.05) is 0 Å². The van der Waals surface area contributed by atoms with Crippen LogP contribution in [0.5, 0.6) is 0 Å². The maximum atomic E-state index is 8.36. The van der Waals surface area contributed by atoms with Crippen LogP contribution < -0.4 is 0 Å². The van der Waals surface area contributed by atoms with Gasteiger partial charge in [0.05, 0.1) is 0 Å². The average molecular weight is 609 g/mol. The summed E-state index contributed by atoms with van der Waals surface area (Å²) >= 11 is 0.194. The van der Waals surface area contributed by atoms with Crippen LogP contribution in [0.3, 0.4) is 0 Å². The fourth-order valence-electron chi connectivity index (χ4n) is 0. The van der Waals surface area contributed by atoms with Crippen LogP contribution in [0, 0.1) is 0 Å². The molecule has 0 aromatic carbocycles. The van der Waals surface area contributed by atoms with Crippen LogP contribution in [0.4, 0.5) is 0 Å².